The predicted octanol–water partition coefficient (Wildman–Crippen LogP) is 2.78. The van der Waals surface area contributed by atoms with Gasteiger partial charge in [-0.1, -0.05) is 25.1 Å². The summed E-state index contributed by atoms with van der Waals surface area (Å²) in [6, 6.07) is 9.52. The van der Waals surface area contributed by atoms with Crippen LogP contribution in [0.3, 0.4) is 0 Å². The molecule has 2 heteroatoms. The Kier molecular flexibility index (Phi) is 3.83. The first-order chi connectivity index (χ1) is 7.83. The van der Waals surface area contributed by atoms with E-state index in [9.17, 15) is 0 Å². The highest BCUT2D eigenvalue weighted by molar-refractivity contribution is 5.54. The molecule has 0 radical (unpaired) electrons. The SMILES string of the molecule is CCCNCc1ccccc1N(C)C1CC1. The lowest BCUT2D eigenvalue weighted by Crippen LogP contribution is -2.23. The zero-order chi connectivity index (χ0) is 11.4. The molecule has 0 unspecified atom stereocenters. The highest BCUT2D eigenvalue weighted by Crippen LogP contribution is 2.31. The number of hydrogen-bond donors (Lipinski definition) is 1. The molecule has 88 valence electrons. The molecule has 2 rings (SSSR count). The summed E-state index contributed by atoms with van der Waals surface area (Å²) in [5.41, 5.74) is 2.82. The predicted molar refractivity (Wildman–Crippen MR) is 69.9 cm³/mol. The summed E-state index contributed by atoms with van der Waals surface area (Å²) in [5, 5.41) is 3.48. The summed E-state index contributed by atoms with van der Waals surface area (Å²) in [4.78, 5) is 2.43. The van der Waals surface area contributed by atoms with Crippen LogP contribution < -0.4 is 10.2 Å². The first kappa shape index (κ1) is 11.5. The first-order valence-electron chi connectivity index (χ1n) is 6.34. The van der Waals surface area contributed by atoms with Crippen LogP contribution in [0.15, 0.2) is 24.3 Å². The number of rotatable bonds is 6. The zero-order valence-corrected chi connectivity index (χ0v) is 10.4. The Balaban J connectivity index is 2.04. The summed E-state index contributed by atoms with van der Waals surface area (Å²) in [5.74, 6) is 0. The molecular formula is C14H22N2. The van der Waals surface area contributed by atoms with E-state index in [-0.39, 0.29) is 0 Å². The number of anilines is 1. The Morgan fingerprint density at radius 1 is 1.31 bits per heavy atom. The minimum atomic E-state index is 0.785. The van der Waals surface area contributed by atoms with Gasteiger partial charge >= 0.3 is 0 Å². The molecule has 1 fully saturated rings. The molecule has 0 atom stereocenters. The van der Waals surface area contributed by atoms with Crippen LogP contribution in [0.4, 0.5) is 5.69 Å². The highest BCUT2D eigenvalue weighted by atomic mass is 15.2. The van der Waals surface area contributed by atoms with Gasteiger partial charge in [0.1, 0.15) is 0 Å². The Morgan fingerprint density at radius 2 is 2.06 bits per heavy atom. The smallest absolute Gasteiger partial charge is 0.0411 e. The molecular weight excluding hydrogens is 196 g/mol. The van der Waals surface area contributed by atoms with Gasteiger partial charge in [-0.25, -0.2) is 0 Å². The molecule has 0 spiro atoms. The van der Waals surface area contributed by atoms with E-state index in [1.807, 2.05) is 0 Å². The van der Waals surface area contributed by atoms with Crippen molar-refractivity contribution in [1.82, 2.24) is 5.32 Å². The lowest BCUT2D eigenvalue weighted by atomic mass is 10.1. The van der Waals surface area contributed by atoms with Crippen LogP contribution in [-0.4, -0.2) is 19.6 Å². The Labute approximate surface area is 98.7 Å². The van der Waals surface area contributed by atoms with E-state index in [2.05, 4.69) is 48.5 Å². The summed E-state index contributed by atoms with van der Waals surface area (Å²) < 4.78 is 0. The fraction of sp³-hybridized carbons (Fsp3) is 0.571. The molecule has 0 amide bonds. The van der Waals surface area contributed by atoms with Gasteiger partial charge in [0.05, 0.1) is 0 Å². The number of nitrogens with zero attached hydrogens (tertiary/aromatic N) is 1. The molecule has 1 aromatic rings. The molecule has 1 aliphatic rings. The van der Waals surface area contributed by atoms with Crippen LogP contribution >= 0.6 is 0 Å². The zero-order valence-electron chi connectivity index (χ0n) is 10.4. The standard InChI is InChI=1S/C14H22N2/c1-3-10-15-11-12-6-4-5-7-14(12)16(2)13-8-9-13/h4-7,13,15H,3,8-11H2,1-2H3. The molecule has 0 aromatic heterocycles. The van der Waals surface area contributed by atoms with Crippen molar-refractivity contribution in [3.63, 3.8) is 0 Å². The maximum absolute atomic E-state index is 3.48. The van der Waals surface area contributed by atoms with Crippen molar-refractivity contribution in [2.75, 3.05) is 18.5 Å². The van der Waals surface area contributed by atoms with Crippen molar-refractivity contribution in [3.8, 4) is 0 Å². The summed E-state index contributed by atoms with van der Waals surface area (Å²) >= 11 is 0. The van der Waals surface area contributed by atoms with Gasteiger partial charge in [-0.2, -0.15) is 0 Å². The Morgan fingerprint density at radius 3 is 2.75 bits per heavy atom. The summed E-state index contributed by atoms with van der Waals surface area (Å²) in [6.07, 6.45) is 3.90. The van der Waals surface area contributed by atoms with E-state index in [0.29, 0.717) is 0 Å². The number of para-hydroxylation sites is 1. The minimum Gasteiger partial charge on any atom is -0.371 e. The van der Waals surface area contributed by atoms with Crippen molar-refractivity contribution in [2.24, 2.45) is 0 Å². The van der Waals surface area contributed by atoms with Gasteiger partial charge < -0.3 is 10.2 Å². The lowest BCUT2D eigenvalue weighted by molar-refractivity contribution is 0.673. The quantitative estimate of drug-likeness (QED) is 0.739. The Hall–Kier alpha value is -1.02. The molecule has 1 aromatic carbocycles. The Bertz CT molecular complexity index is 331. The van der Waals surface area contributed by atoms with Crippen LogP contribution in [-0.2, 0) is 6.54 Å². The molecule has 1 saturated carbocycles. The molecule has 0 saturated heterocycles. The van der Waals surface area contributed by atoms with Crippen LogP contribution in [0.5, 0.6) is 0 Å². The third-order valence-electron chi connectivity index (χ3n) is 3.21. The van der Waals surface area contributed by atoms with Gasteiger partial charge in [0, 0.05) is 25.3 Å². The maximum Gasteiger partial charge on any atom is 0.0411 e. The third-order valence-corrected chi connectivity index (χ3v) is 3.21. The second-order valence-electron chi connectivity index (χ2n) is 4.65. The normalized spacial score (nSPS) is 15.1. The molecule has 0 bridgehead atoms. The maximum atomic E-state index is 3.48. The molecule has 0 aliphatic heterocycles. The van der Waals surface area contributed by atoms with Crippen molar-refractivity contribution < 1.29 is 0 Å². The van der Waals surface area contributed by atoms with Gasteiger partial charge in [0.2, 0.25) is 0 Å². The van der Waals surface area contributed by atoms with Crippen molar-refractivity contribution in [2.45, 2.75) is 38.8 Å². The van der Waals surface area contributed by atoms with E-state index in [1.54, 1.807) is 0 Å². The van der Waals surface area contributed by atoms with E-state index >= 15 is 0 Å². The van der Waals surface area contributed by atoms with Crippen molar-refractivity contribution in [1.29, 1.82) is 0 Å². The van der Waals surface area contributed by atoms with Crippen LogP contribution in [0, 0.1) is 0 Å². The summed E-state index contributed by atoms with van der Waals surface area (Å²) in [7, 11) is 2.22. The molecule has 1 aliphatic carbocycles. The van der Waals surface area contributed by atoms with Crippen LogP contribution in [0.25, 0.3) is 0 Å². The van der Waals surface area contributed by atoms with Gasteiger partial charge in [-0.3, -0.25) is 0 Å². The van der Waals surface area contributed by atoms with E-state index in [4.69, 9.17) is 0 Å². The fourth-order valence-electron chi connectivity index (χ4n) is 2.06. The lowest BCUT2D eigenvalue weighted by Gasteiger charge is -2.22. The van der Waals surface area contributed by atoms with E-state index in [1.165, 1.54) is 30.5 Å². The number of nitrogens with one attached hydrogen (secondary N) is 1. The largest absolute Gasteiger partial charge is 0.371 e. The van der Waals surface area contributed by atoms with E-state index < -0.39 is 0 Å². The van der Waals surface area contributed by atoms with Gasteiger partial charge in [0.15, 0.2) is 0 Å². The van der Waals surface area contributed by atoms with Crippen molar-refractivity contribution in [3.05, 3.63) is 29.8 Å². The van der Waals surface area contributed by atoms with Crippen LogP contribution in [0.2, 0.25) is 0 Å². The van der Waals surface area contributed by atoms with Crippen LogP contribution in [0.1, 0.15) is 31.7 Å². The molecule has 2 nitrogen and oxygen atoms in total. The van der Waals surface area contributed by atoms with Gasteiger partial charge in [-0.15, -0.1) is 0 Å². The average molecular weight is 218 g/mol. The topological polar surface area (TPSA) is 15.3 Å². The van der Waals surface area contributed by atoms with Crippen molar-refractivity contribution >= 4 is 5.69 Å². The number of benzene rings is 1. The van der Waals surface area contributed by atoms with Gasteiger partial charge in [-0.05, 0) is 37.4 Å². The average Bonchev–Trinajstić information content (AvgIpc) is 3.13. The highest BCUT2D eigenvalue weighted by Gasteiger charge is 2.27. The van der Waals surface area contributed by atoms with Gasteiger partial charge in [0.25, 0.3) is 0 Å². The molecule has 1 N–H and O–H groups in total. The molecule has 0 heterocycles. The fourth-order valence-corrected chi connectivity index (χ4v) is 2.06. The van der Waals surface area contributed by atoms with E-state index in [0.717, 1.165) is 19.1 Å². The monoisotopic (exact) mass is 218 g/mol. The minimum absolute atomic E-state index is 0.785. The molecule has 16 heavy (non-hydrogen) atoms. The first-order valence-corrected chi connectivity index (χ1v) is 6.34. The second kappa shape index (κ2) is 5.35. The second-order valence-corrected chi connectivity index (χ2v) is 4.65. The number of hydrogen-bond acceptors (Lipinski definition) is 2. The summed E-state index contributed by atoms with van der Waals surface area (Å²) in [6.45, 7) is 4.29. The third kappa shape index (κ3) is 2.76.